The molecule has 0 bridgehead atoms. The van der Waals surface area contributed by atoms with Crippen molar-refractivity contribution >= 4 is 17.8 Å². The van der Waals surface area contributed by atoms with Gasteiger partial charge in [-0.25, -0.2) is 0 Å². The molecule has 0 fully saturated rings. The zero-order valence-corrected chi connectivity index (χ0v) is 22.6. The van der Waals surface area contributed by atoms with E-state index in [0.29, 0.717) is 30.1 Å². The van der Waals surface area contributed by atoms with Gasteiger partial charge in [0.25, 0.3) is 0 Å². The third-order valence-corrected chi connectivity index (χ3v) is 10.5. The molecule has 0 aromatic heterocycles. The summed E-state index contributed by atoms with van der Waals surface area (Å²) in [6.07, 6.45) is 1.02. The second-order valence-electron chi connectivity index (χ2n) is 9.62. The Hall–Kier alpha value is -2.27. The Labute approximate surface area is 221 Å². The Morgan fingerprint density at radius 2 is 1.32 bits per heavy atom. The quantitative estimate of drug-likeness (QED) is 0.229. The molecule has 4 atom stereocenters. The monoisotopic (exact) mass is 524 g/mol. The van der Waals surface area contributed by atoms with E-state index in [2.05, 4.69) is 6.92 Å². The van der Waals surface area contributed by atoms with Crippen molar-refractivity contribution in [1.29, 1.82) is 0 Å². The zero-order chi connectivity index (χ0) is 26.5. The van der Waals surface area contributed by atoms with Crippen molar-refractivity contribution in [3.05, 3.63) is 96.6 Å². The van der Waals surface area contributed by atoms with Gasteiger partial charge < -0.3 is 24.6 Å². The molecule has 0 saturated carbocycles. The molecule has 0 heterocycles. The Kier molecular flexibility index (Phi) is 12.0. The third kappa shape index (κ3) is 8.10. The van der Waals surface area contributed by atoms with E-state index in [1.165, 1.54) is 0 Å². The van der Waals surface area contributed by atoms with Gasteiger partial charge >= 0.3 is 0 Å². The number of rotatable bonds is 16. The van der Waals surface area contributed by atoms with Crippen molar-refractivity contribution in [3.8, 4) is 0 Å². The lowest BCUT2D eigenvalue weighted by Crippen LogP contribution is -2.43. The summed E-state index contributed by atoms with van der Waals surface area (Å²) in [5, 5.41) is 33.1. The number of aliphatic hydroxyl groups is 3. The van der Waals surface area contributed by atoms with E-state index in [-0.39, 0.29) is 19.1 Å². The van der Waals surface area contributed by atoms with Gasteiger partial charge in [0, 0.05) is 17.2 Å². The highest BCUT2D eigenvalue weighted by Gasteiger charge is 2.44. The zero-order valence-electron chi connectivity index (χ0n) is 21.7. The molecule has 3 aromatic carbocycles. The average Bonchev–Trinajstić information content (AvgIpc) is 2.96. The van der Waals surface area contributed by atoms with Crippen LogP contribution in [0.25, 0.3) is 0 Å². The molecule has 1 unspecified atom stereocenters. The normalized spacial score (nSPS) is 15.1. The Morgan fingerprint density at radius 3 is 1.84 bits per heavy atom. The predicted molar refractivity (Wildman–Crippen MR) is 151 cm³/mol. The lowest BCUT2D eigenvalue weighted by atomic mass is 9.99. The smallest absolute Gasteiger partial charge is 0.148 e. The van der Waals surface area contributed by atoms with Crippen molar-refractivity contribution in [2.24, 2.45) is 0 Å². The maximum Gasteiger partial charge on any atom is 0.148 e. The standard InChI is InChI=1S/C31H41O5P/c1-2-3-16-26(36-24-25-14-7-4-8-15-25)23-30(31(34)29(33)21-13-22-32)37(35,27-17-9-5-10-18-27)28-19-11-6-12-20-28/h4-12,14-15,17-20,26,29-34H,2-3,13,16,21-24H2,1H3/t26-,29?,30+,31-/m1/s1. The van der Waals surface area contributed by atoms with Gasteiger partial charge in [-0.1, -0.05) is 111 Å². The summed E-state index contributed by atoms with van der Waals surface area (Å²) >= 11 is 0. The second-order valence-corrected chi connectivity index (χ2v) is 12.6. The molecule has 0 aliphatic heterocycles. The summed E-state index contributed by atoms with van der Waals surface area (Å²) < 4.78 is 21.6. The number of benzene rings is 3. The number of unbranched alkanes of at least 4 members (excludes halogenated alkanes) is 1. The highest BCUT2D eigenvalue weighted by atomic mass is 31.2. The van der Waals surface area contributed by atoms with E-state index < -0.39 is 25.0 Å². The SMILES string of the molecule is CCCC[C@H](C[C@@H]([C@H](O)C(O)CCCO)P(=O)(c1ccccc1)c1ccccc1)OCc1ccccc1. The van der Waals surface area contributed by atoms with Crippen LogP contribution in [0, 0.1) is 0 Å². The molecule has 37 heavy (non-hydrogen) atoms. The molecule has 6 heteroatoms. The first-order valence-corrected chi connectivity index (χ1v) is 15.1. The lowest BCUT2D eigenvalue weighted by molar-refractivity contribution is -0.0150. The van der Waals surface area contributed by atoms with Crippen LogP contribution in [-0.2, 0) is 15.9 Å². The summed E-state index contributed by atoms with van der Waals surface area (Å²) in [4.78, 5) is 0. The van der Waals surface area contributed by atoms with Crippen LogP contribution < -0.4 is 10.6 Å². The fourth-order valence-corrected chi connectivity index (χ4v) is 8.28. The van der Waals surface area contributed by atoms with Crippen molar-refractivity contribution in [2.75, 3.05) is 6.61 Å². The Morgan fingerprint density at radius 1 is 0.784 bits per heavy atom. The van der Waals surface area contributed by atoms with Crippen LogP contribution in [0.5, 0.6) is 0 Å². The van der Waals surface area contributed by atoms with Gasteiger partial charge in [-0.05, 0) is 31.2 Å². The lowest BCUT2D eigenvalue weighted by Gasteiger charge is -2.36. The van der Waals surface area contributed by atoms with Crippen molar-refractivity contribution < 1.29 is 24.6 Å². The average molecular weight is 525 g/mol. The van der Waals surface area contributed by atoms with Crippen molar-refractivity contribution in [1.82, 2.24) is 0 Å². The third-order valence-electron chi connectivity index (χ3n) is 6.91. The number of ether oxygens (including phenoxy) is 1. The molecule has 0 radical (unpaired) electrons. The minimum Gasteiger partial charge on any atom is -0.396 e. The second kappa shape index (κ2) is 15.2. The van der Waals surface area contributed by atoms with Crippen LogP contribution in [0.4, 0.5) is 0 Å². The summed E-state index contributed by atoms with van der Waals surface area (Å²) in [5.41, 5.74) is 0.294. The minimum absolute atomic E-state index is 0.0806. The molecule has 0 aliphatic rings. The number of hydrogen-bond donors (Lipinski definition) is 3. The van der Waals surface area contributed by atoms with Crippen molar-refractivity contribution in [3.63, 3.8) is 0 Å². The number of hydrogen-bond acceptors (Lipinski definition) is 5. The molecular weight excluding hydrogens is 483 g/mol. The highest BCUT2D eigenvalue weighted by Crippen LogP contribution is 2.52. The Balaban J connectivity index is 2.02. The number of aliphatic hydroxyl groups excluding tert-OH is 3. The van der Waals surface area contributed by atoms with Crippen LogP contribution in [0.2, 0.25) is 0 Å². The van der Waals surface area contributed by atoms with Gasteiger partial charge in [-0.2, -0.15) is 0 Å². The molecule has 5 nitrogen and oxygen atoms in total. The maximum absolute atomic E-state index is 15.2. The molecular formula is C31H41O5P. The van der Waals surface area contributed by atoms with E-state index >= 15 is 4.57 Å². The first-order chi connectivity index (χ1) is 18.0. The highest BCUT2D eigenvalue weighted by molar-refractivity contribution is 7.79. The molecule has 200 valence electrons. The minimum atomic E-state index is -3.41. The van der Waals surface area contributed by atoms with Gasteiger partial charge in [0.05, 0.1) is 30.6 Å². The van der Waals surface area contributed by atoms with Gasteiger partial charge in [-0.15, -0.1) is 0 Å². The van der Waals surface area contributed by atoms with Crippen LogP contribution >= 0.6 is 7.14 Å². The van der Waals surface area contributed by atoms with E-state index in [1.54, 1.807) is 0 Å². The molecule has 0 saturated heterocycles. The molecule has 3 N–H and O–H groups in total. The fourth-order valence-electron chi connectivity index (χ4n) is 4.82. The molecule has 0 aliphatic carbocycles. The predicted octanol–water partition coefficient (Wildman–Crippen LogP) is 5.03. The molecule has 0 amide bonds. The van der Waals surface area contributed by atoms with Crippen LogP contribution in [0.15, 0.2) is 91.0 Å². The van der Waals surface area contributed by atoms with E-state index in [9.17, 15) is 15.3 Å². The molecule has 3 aromatic rings. The Bertz CT molecular complexity index is 1020. The first-order valence-electron chi connectivity index (χ1n) is 13.3. The van der Waals surface area contributed by atoms with Gasteiger partial charge in [0.2, 0.25) is 0 Å². The van der Waals surface area contributed by atoms with E-state index in [1.807, 2.05) is 91.0 Å². The summed E-state index contributed by atoms with van der Waals surface area (Å²) in [6.45, 7) is 2.47. The first kappa shape index (κ1) is 29.3. The largest absolute Gasteiger partial charge is 0.396 e. The topological polar surface area (TPSA) is 87.0 Å². The van der Waals surface area contributed by atoms with Gasteiger partial charge in [0.15, 0.2) is 0 Å². The summed E-state index contributed by atoms with van der Waals surface area (Å²) in [5.74, 6) is 0. The van der Waals surface area contributed by atoms with E-state index in [0.717, 1.165) is 24.8 Å². The van der Waals surface area contributed by atoms with Crippen molar-refractivity contribution in [2.45, 2.75) is 76.0 Å². The molecule has 0 spiro atoms. The summed E-state index contributed by atoms with van der Waals surface area (Å²) in [6, 6.07) is 28.5. The molecule has 3 rings (SSSR count). The summed E-state index contributed by atoms with van der Waals surface area (Å²) in [7, 11) is -3.41. The van der Waals surface area contributed by atoms with Crippen LogP contribution in [0.1, 0.15) is 51.0 Å². The van der Waals surface area contributed by atoms with Gasteiger partial charge in [0.1, 0.15) is 7.14 Å². The maximum atomic E-state index is 15.2. The van der Waals surface area contributed by atoms with Crippen LogP contribution in [0.3, 0.4) is 0 Å². The fraction of sp³-hybridized carbons (Fsp3) is 0.419. The van der Waals surface area contributed by atoms with Gasteiger partial charge in [-0.3, -0.25) is 0 Å². The van der Waals surface area contributed by atoms with E-state index in [4.69, 9.17) is 4.74 Å². The van der Waals surface area contributed by atoms with Crippen LogP contribution in [-0.4, -0.2) is 45.9 Å².